The van der Waals surface area contributed by atoms with Crippen LogP contribution in [0.4, 0.5) is 5.69 Å². The first-order valence-electron chi connectivity index (χ1n) is 6.09. The summed E-state index contributed by atoms with van der Waals surface area (Å²) < 4.78 is 0. The summed E-state index contributed by atoms with van der Waals surface area (Å²) in [5, 5.41) is 3.72. The molecular weight excluding hydrogens is 214 g/mol. The van der Waals surface area contributed by atoms with Gasteiger partial charge in [0.25, 0.3) is 0 Å². The molecule has 16 heavy (non-hydrogen) atoms. The van der Waals surface area contributed by atoms with E-state index in [2.05, 4.69) is 50.0 Å². The van der Waals surface area contributed by atoms with Crippen molar-refractivity contribution < 1.29 is 0 Å². The van der Waals surface area contributed by atoms with Gasteiger partial charge >= 0.3 is 0 Å². The highest BCUT2D eigenvalue weighted by Crippen LogP contribution is 2.26. The van der Waals surface area contributed by atoms with Gasteiger partial charge in [0.15, 0.2) is 0 Å². The van der Waals surface area contributed by atoms with Crippen LogP contribution in [-0.4, -0.2) is 17.5 Å². The van der Waals surface area contributed by atoms with E-state index in [1.54, 1.807) is 0 Å². The first kappa shape index (κ1) is 11.8. The summed E-state index contributed by atoms with van der Waals surface area (Å²) in [5.41, 5.74) is 5.48. The molecule has 0 saturated carbocycles. The van der Waals surface area contributed by atoms with E-state index in [1.165, 1.54) is 46.7 Å². The molecule has 0 aliphatic carbocycles. The molecule has 2 rings (SSSR count). The Morgan fingerprint density at radius 2 is 1.88 bits per heavy atom. The molecule has 1 aromatic carbocycles. The Balaban J connectivity index is 2.14. The van der Waals surface area contributed by atoms with E-state index < -0.39 is 0 Å². The Kier molecular flexibility index (Phi) is 3.80. The van der Waals surface area contributed by atoms with Crippen LogP contribution >= 0.6 is 11.8 Å². The zero-order valence-corrected chi connectivity index (χ0v) is 11.3. The molecular formula is C14H21NS. The molecule has 1 unspecified atom stereocenters. The van der Waals surface area contributed by atoms with Gasteiger partial charge < -0.3 is 5.32 Å². The quantitative estimate of drug-likeness (QED) is 0.834. The van der Waals surface area contributed by atoms with Gasteiger partial charge in [-0.2, -0.15) is 11.8 Å². The van der Waals surface area contributed by atoms with E-state index in [0.717, 1.165) is 0 Å². The SMILES string of the molecule is Cc1cc(C)c(NC2CCCSC2)c(C)c1. The fourth-order valence-electron chi connectivity index (χ4n) is 2.47. The maximum atomic E-state index is 3.72. The van der Waals surface area contributed by atoms with E-state index in [1.807, 2.05) is 0 Å². The summed E-state index contributed by atoms with van der Waals surface area (Å²) in [4.78, 5) is 0. The van der Waals surface area contributed by atoms with Gasteiger partial charge in [-0.05, 0) is 50.5 Å². The Morgan fingerprint density at radius 1 is 1.19 bits per heavy atom. The second kappa shape index (κ2) is 5.13. The number of rotatable bonds is 2. The molecule has 1 nitrogen and oxygen atoms in total. The van der Waals surface area contributed by atoms with Crippen molar-refractivity contribution in [3.05, 3.63) is 28.8 Å². The van der Waals surface area contributed by atoms with Gasteiger partial charge in [-0.1, -0.05) is 17.7 Å². The van der Waals surface area contributed by atoms with Gasteiger partial charge in [0, 0.05) is 17.5 Å². The van der Waals surface area contributed by atoms with Crippen LogP contribution in [0, 0.1) is 20.8 Å². The highest BCUT2D eigenvalue weighted by Gasteiger charge is 2.15. The number of anilines is 1. The van der Waals surface area contributed by atoms with Crippen molar-refractivity contribution in [1.29, 1.82) is 0 Å². The minimum absolute atomic E-state index is 0.666. The van der Waals surface area contributed by atoms with Crippen LogP contribution < -0.4 is 5.32 Å². The van der Waals surface area contributed by atoms with Crippen LogP contribution in [0.25, 0.3) is 0 Å². The summed E-state index contributed by atoms with van der Waals surface area (Å²) in [6, 6.07) is 5.20. The van der Waals surface area contributed by atoms with Gasteiger partial charge in [-0.3, -0.25) is 0 Å². The number of hydrogen-bond acceptors (Lipinski definition) is 2. The molecule has 1 atom stereocenters. The number of thioether (sulfide) groups is 1. The summed E-state index contributed by atoms with van der Waals surface area (Å²) in [5.74, 6) is 2.59. The Bertz CT molecular complexity index is 344. The Morgan fingerprint density at radius 3 is 2.44 bits per heavy atom. The van der Waals surface area contributed by atoms with Crippen molar-refractivity contribution in [3.8, 4) is 0 Å². The fourth-order valence-corrected chi connectivity index (χ4v) is 3.54. The maximum Gasteiger partial charge on any atom is 0.0402 e. The van der Waals surface area contributed by atoms with Crippen LogP contribution in [0.15, 0.2) is 12.1 Å². The van der Waals surface area contributed by atoms with E-state index >= 15 is 0 Å². The van der Waals surface area contributed by atoms with Crippen LogP contribution in [-0.2, 0) is 0 Å². The molecule has 1 aliphatic rings. The summed E-state index contributed by atoms with van der Waals surface area (Å²) in [7, 11) is 0. The maximum absolute atomic E-state index is 3.72. The molecule has 0 aromatic heterocycles. The van der Waals surface area contributed by atoms with Gasteiger partial charge in [0.2, 0.25) is 0 Å². The first-order valence-corrected chi connectivity index (χ1v) is 7.24. The lowest BCUT2D eigenvalue weighted by molar-refractivity contribution is 0.684. The molecule has 0 bridgehead atoms. The molecule has 0 amide bonds. The highest BCUT2D eigenvalue weighted by molar-refractivity contribution is 7.99. The van der Waals surface area contributed by atoms with E-state index in [-0.39, 0.29) is 0 Å². The minimum Gasteiger partial charge on any atom is -0.381 e. The van der Waals surface area contributed by atoms with Crippen molar-refractivity contribution in [2.75, 3.05) is 16.8 Å². The fraction of sp³-hybridized carbons (Fsp3) is 0.571. The molecule has 1 fully saturated rings. The van der Waals surface area contributed by atoms with Gasteiger partial charge in [-0.15, -0.1) is 0 Å². The molecule has 1 aromatic rings. The Labute approximate surface area is 103 Å². The molecule has 2 heteroatoms. The second-order valence-corrected chi connectivity index (χ2v) is 5.98. The van der Waals surface area contributed by atoms with Crippen molar-refractivity contribution in [2.24, 2.45) is 0 Å². The second-order valence-electron chi connectivity index (χ2n) is 4.83. The lowest BCUT2D eigenvalue weighted by atomic mass is 10.0. The number of aryl methyl sites for hydroxylation is 3. The zero-order valence-electron chi connectivity index (χ0n) is 10.5. The summed E-state index contributed by atoms with van der Waals surface area (Å²) in [6.45, 7) is 6.58. The summed E-state index contributed by atoms with van der Waals surface area (Å²) >= 11 is 2.07. The third kappa shape index (κ3) is 2.73. The van der Waals surface area contributed by atoms with Crippen LogP contribution in [0.3, 0.4) is 0 Å². The number of hydrogen-bond donors (Lipinski definition) is 1. The number of nitrogens with one attached hydrogen (secondary N) is 1. The molecule has 1 N–H and O–H groups in total. The van der Waals surface area contributed by atoms with E-state index in [9.17, 15) is 0 Å². The smallest absolute Gasteiger partial charge is 0.0402 e. The summed E-state index contributed by atoms with van der Waals surface area (Å²) in [6.07, 6.45) is 2.67. The predicted molar refractivity (Wildman–Crippen MR) is 74.6 cm³/mol. The molecule has 0 spiro atoms. The van der Waals surface area contributed by atoms with Gasteiger partial charge in [0.1, 0.15) is 0 Å². The standard InChI is InChI=1S/C14H21NS/c1-10-7-11(2)14(12(3)8-10)15-13-5-4-6-16-9-13/h7-8,13,15H,4-6,9H2,1-3H3. The lowest BCUT2D eigenvalue weighted by Gasteiger charge is -2.25. The normalized spacial score (nSPS) is 20.8. The van der Waals surface area contributed by atoms with E-state index in [4.69, 9.17) is 0 Å². The number of benzene rings is 1. The zero-order chi connectivity index (χ0) is 11.5. The third-order valence-electron chi connectivity index (χ3n) is 3.19. The first-order chi connectivity index (χ1) is 7.66. The van der Waals surface area contributed by atoms with Crippen LogP contribution in [0.5, 0.6) is 0 Å². The van der Waals surface area contributed by atoms with Crippen molar-refractivity contribution in [2.45, 2.75) is 39.7 Å². The minimum atomic E-state index is 0.666. The van der Waals surface area contributed by atoms with Crippen LogP contribution in [0.2, 0.25) is 0 Å². The van der Waals surface area contributed by atoms with Gasteiger partial charge in [-0.25, -0.2) is 0 Å². The third-order valence-corrected chi connectivity index (χ3v) is 4.40. The van der Waals surface area contributed by atoms with E-state index in [0.29, 0.717) is 6.04 Å². The largest absolute Gasteiger partial charge is 0.381 e. The van der Waals surface area contributed by atoms with Crippen molar-refractivity contribution in [3.63, 3.8) is 0 Å². The van der Waals surface area contributed by atoms with Crippen molar-refractivity contribution in [1.82, 2.24) is 0 Å². The average Bonchev–Trinajstić information content (AvgIpc) is 2.25. The molecule has 1 aliphatic heterocycles. The lowest BCUT2D eigenvalue weighted by Crippen LogP contribution is -2.26. The molecule has 0 radical (unpaired) electrons. The molecule has 88 valence electrons. The average molecular weight is 235 g/mol. The highest BCUT2D eigenvalue weighted by atomic mass is 32.2. The monoisotopic (exact) mass is 235 g/mol. The van der Waals surface area contributed by atoms with Gasteiger partial charge in [0.05, 0.1) is 0 Å². The molecule has 1 heterocycles. The van der Waals surface area contributed by atoms with Crippen LogP contribution in [0.1, 0.15) is 29.5 Å². The topological polar surface area (TPSA) is 12.0 Å². The van der Waals surface area contributed by atoms with Crippen molar-refractivity contribution >= 4 is 17.4 Å². The molecule has 1 saturated heterocycles. The predicted octanol–water partition coefficient (Wildman–Crippen LogP) is 3.92. The Hall–Kier alpha value is -0.630.